The van der Waals surface area contributed by atoms with Gasteiger partial charge in [0.15, 0.2) is 0 Å². The fraction of sp³-hybridized carbons (Fsp3) is 0.125. The lowest BCUT2D eigenvalue weighted by Gasteiger charge is -2.07. The Morgan fingerprint density at radius 1 is 1.05 bits per heavy atom. The number of nitrogens with one attached hydrogen (secondary N) is 2. The van der Waals surface area contributed by atoms with Crippen LogP contribution in [0.3, 0.4) is 0 Å². The Morgan fingerprint density at radius 3 is 2.23 bits per heavy atom. The first-order valence-corrected chi connectivity index (χ1v) is 6.59. The number of carbonyl (C=O) groups is 2. The highest BCUT2D eigenvalue weighted by atomic mass is 16.5. The number of methoxy groups -OCH3 is 1. The van der Waals surface area contributed by atoms with E-state index in [4.69, 9.17) is 9.94 Å². The van der Waals surface area contributed by atoms with Crippen molar-refractivity contribution in [2.24, 2.45) is 0 Å². The first-order chi connectivity index (χ1) is 10.6. The molecule has 0 saturated heterocycles. The van der Waals surface area contributed by atoms with Gasteiger partial charge in [0.1, 0.15) is 5.75 Å². The van der Waals surface area contributed by atoms with Crippen LogP contribution >= 0.6 is 0 Å². The zero-order chi connectivity index (χ0) is 15.9. The number of hydrogen-bond donors (Lipinski definition) is 3. The van der Waals surface area contributed by atoms with E-state index in [2.05, 4.69) is 5.32 Å². The fourth-order valence-corrected chi connectivity index (χ4v) is 1.90. The van der Waals surface area contributed by atoms with Gasteiger partial charge in [0.2, 0.25) is 5.91 Å². The molecule has 0 fully saturated rings. The van der Waals surface area contributed by atoms with Crippen molar-refractivity contribution in [2.45, 2.75) is 6.42 Å². The Balaban J connectivity index is 1.94. The van der Waals surface area contributed by atoms with Crippen LogP contribution in [0, 0.1) is 0 Å². The van der Waals surface area contributed by atoms with Crippen LogP contribution in [0.4, 0.5) is 5.69 Å². The lowest BCUT2D eigenvalue weighted by Crippen LogP contribution is -2.18. The highest BCUT2D eigenvalue weighted by Crippen LogP contribution is 2.13. The number of hydroxylamine groups is 1. The molecule has 6 nitrogen and oxygen atoms in total. The second-order valence-corrected chi connectivity index (χ2v) is 4.59. The minimum atomic E-state index is -0.601. The molecule has 0 aliphatic rings. The summed E-state index contributed by atoms with van der Waals surface area (Å²) in [5.74, 6) is -0.0254. The van der Waals surface area contributed by atoms with Gasteiger partial charge in [-0.25, -0.2) is 5.48 Å². The molecule has 0 aliphatic heterocycles. The van der Waals surface area contributed by atoms with Crippen LogP contribution in [-0.2, 0) is 11.2 Å². The van der Waals surface area contributed by atoms with Gasteiger partial charge in [0, 0.05) is 11.3 Å². The van der Waals surface area contributed by atoms with Crippen molar-refractivity contribution in [2.75, 3.05) is 12.4 Å². The zero-order valence-electron chi connectivity index (χ0n) is 12.0. The predicted molar refractivity (Wildman–Crippen MR) is 81.0 cm³/mol. The Labute approximate surface area is 127 Å². The molecule has 3 N–H and O–H groups in total. The third-order valence-corrected chi connectivity index (χ3v) is 3.06. The molecule has 0 aliphatic carbocycles. The van der Waals surface area contributed by atoms with Crippen molar-refractivity contribution < 1.29 is 19.5 Å². The summed E-state index contributed by atoms with van der Waals surface area (Å²) in [5, 5.41) is 11.3. The van der Waals surface area contributed by atoms with E-state index < -0.39 is 5.91 Å². The Bertz CT molecular complexity index is 651. The molecule has 2 amide bonds. The van der Waals surface area contributed by atoms with Gasteiger partial charge in [0.05, 0.1) is 13.5 Å². The first kappa shape index (κ1) is 15.5. The quantitative estimate of drug-likeness (QED) is 0.582. The number of anilines is 1. The second-order valence-electron chi connectivity index (χ2n) is 4.59. The topological polar surface area (TPSA) is 87.7 Å². The van der Waals surface area contributed by atoms with Crippen LogP contribution in [0.1, 0.15) is 15.9 Å². The molecule has 0 radical (unpaired) electrons. The average molecular weight is 300 g/mol. The molecule has 0 aromatic heterocycles. The molecular weight excluding hydrogens is 284 g/mol. The number of amides is 2. The number of ether oxygens (including phenoxy) is 1. The first-order valence-electron chi connectivity index (χ1n) is 6.59. The molecule has 2 rings (SSSR count). The number of rotatable bonds is 5. The lowest BCUT2D eigenvalue weighted by atomic mass is 10.1. The molecule has 0 spiro atoms. The van der Waals surface area contributed by atoms with Crippen molar-refractivity contribution in [3.63, 3.8) is 0 Å². The molecular formula is C16H16N2O4. The van der Waals surface area contributed by atoms with Gasteiger partial charge in [-0.3, -0.25) is 14.8 Å². The van der Waals surface area contributed by atoms with E-state index in [1.54, 1.807) is 36.9 Å². The van der Waals surface area contributed by atoms with E-state index >= 15 is 0 Å². The maximum Gasteiger partial charge on any atom is 0.274 e. The van der Waals surface area contributed by atoms with Crippen molar-refractivity contribution in [3.8, 4) is 5.75 Å². The van der Waals surface area contributed by atoms with E-state index in [0.717, 1.165) is 11.3 Å². The number of hydrogen-bond acceptors (Lipinski definition) is 4. The van der Waals surface area contributed by atoms with Gasteiger partial charge >= 0.3 is 0 Å². The third-order valence-electron chi connectivity index (χ3n) is 3.06. The van der Waals surface area contributed by atoms with Gasteiger partial charge in [-0.1, -0.05) is 12.1 Å². The van der Waals surface area contributed by atoms with Crippen LogP contribution in [0.25, 0.3) is 0 Å². The molecule has 6 heteroatoms. The van der Waals surface area contributed by atoms with E-state index in [9.17, 15) is 9.59 Å². The van der Waals surface area contributed by atoms with Crippen molar-refractivity contribution in [1.82, 2.24) is 5.48 Å². The maximum atomic E-state index is 11.9. The Hall–Kier alpha value is -2.86. The summed E-state index contributed by atoms with van der Waals surface area (Å²) in [6.07, 6.45) is 0.239. The molecule has 0 heterocycles. The Kier molecular flexibility index (Phi) is 5.11. The maximum absolute atomic E-state index is 11.9. The summed E-state index contributed by atoms with van der Waals surface area (Å²) in [6, 6.07) is 13.5. The summed E-state index contributed by atoms with van der Waals surface area (Å²) < 4.78 is 5.06. The van der Waals surface area contributed by atoms with E-state index in [1.807, 2.05) is 12.1 Å². The summed E-state index contributed by atoms with van der Waals surface area (Å²) in [4.78, 5) is 23.1. The van der Waals surface area contributed by atoms with E-state index in [0.29, 0.717) is 11.3 Å². The monoisotopic (exact) mass is 300 g/mol. The van der Waals surface area contributed by atoms with Crippen LogP contribution in [0.2, 0.25) is 0 Å². The Morgan fingerprint density at radius 2 is 1.68 bits per heavy atom. The van der Waals surface area contributed by atoms with Crippen molar-refractivity contribution in [3.05, 3.63) is 59.7 Å². The largest absolute Gasteiger partial charge is 0.497 e. The lowest BCUT2D eigenvalue weighted by molar-refractivity contribution is -0.115. The van der Waals surface area contributed by atoms with Crippen LogP contribution < -0.4 is 15.5 Å². The summed E-state index contributed by atoms with van der Waals surface area (Å²) >= 11 is 0. The van der Waals surface area contributed by atoms with Crippen molar-refractivity contribution in [1.29, 1.82) is 0 Å². The highest BCUT2D eigenvalue weighted by Gasteiger charge is 2.06. The van der Waals surface area contributed by atoms with Crippen molar-refractivity contribution >= 4 is 17.5 Å². The predicted octanol–water partition coefficient (Wildman–Crippen LogP) is 2.00. The smallest absolute Gasteiger partial charge is 0.274 e. The van der Waals surface area contributed by atoms with Gasteiger partial charge in [0.25, 0.3) is 5.91 Å². The van der Waals surface area contributed by atoms with Crippen LogP contribution in [0.5, 0.6) is 5.75 Å². The average Bonchev–Trinajstić information content (AvgIpc) is 2.55. The van der Waals surface area contributed by atoms with E-state index in [1.165, 1.54) is 12.1 Å². The SMILES string of the molecule is COc1ccc(CC(=O)Nc2ccc(C(=O)NO)cc2)cc1. The van der Waals surface area contributed by atoms with Gasteiger partial charge in [-0.2, -0.15) is 0 Å². The number of benzene rings is 2. The van der Waals surface area contributed by atoms with Crippen LogP contribution in [0.15, 0.2) is 48.5 Å². The fourth-order valence-electron chi connectivity index (χ4n) is 1.90. The number of carbonyl (C=O) groups excluding carboxylic acids is 2. The molecule has 2 aromatic rings. The minimum Gasteiger partial charge on any atom is -0.497 e. The normalized spacial score (nSPS) is 9.91. The van der Waals surface area contributed by atoms with Gasteiger partial charge in [-0.05, 0) is 42.0 Å². The minimum absolute atomic E-state index is 0.162. The third kappa shape index (κ3) is 4.07. The molecule has 2 aromatic carbocycles. The molecule has 0 atom stereocenters. The molecule has 0 unspecified atom stereocenters. The van der Waals surface area contributed by atoms with Gasteiger partial charge in [-0.15, -0.1) is 0 Å². The molecule has 22 heavy (non-hydrogen) atoms. The summed E-state index contributed by atoms with van der Waals surface area (Å²) in [6.45, 7) is 0. The molecule has 0 bridgehead atoms. The van der Waals surface area contributed by atoms with Crippen LogP contribution in [-0.4, -0.2) is 24.1 Å². The zero-order valence-corrected chi connectivity index (χ0v) is 12.0. The molecule has 114 valence electrons. The summed E-state index contributed by atoms with van der Waals surface area (Å²) in [5.41, 5.74) is 3.30. The van der Waals surface area contributed by atoms with Gasteiger partial charge < -0.3 is 10.1 Å². The second kappa shape index (κ2) is 7.24. The molecule has 0 saturated carbocycles. The summed E-state index contributed by atoms with van der Waals surface area (Å²) in [7, 11) is 1.59. The standard InChI is InChI=1S/C16H16N2O4/c1-22-14-8-2-11(3-9-14)10-15(19)17-13-6-4-12(5-7-13)16(20)18-21/h2-9,21H,10H2,1H3,(H,17,19)(H,18,20). The highest BCUT2D eigenvalue weighted by molar-refractivity contribution is 5.95. The van der Waals surface area contributed by atoms with E-state index in [-0.39, 0.29) is 12.3 Å².